The zero-order valence-corrected chi connectivity index (χ0v) is 48.9. The monoisotopic (exact) mass is 1000 g/mol. The van der Waals surface area contributed by atoms with Crippen LogP contribution < -0.4 is 31.1 Å². The summed E-state index contributed by atoms with van der Waals surface area (Å²) in [5.74, 6) is 0. The van der Waals surface area contributed by atoms with Gasteiger partial charge in [-0.2, -0.15) is 0 Å². The molecule has 2 heterocycles. The van der Waals surface area contributed by atoms with Gasteiger partial charge in [-0.3, -0.25) is 0 Å². The van der Waals surface area contributed by atoms with E-state index in [0.29, 0.717) is 0 Å². The van der Waals surface area contributed by atoms with E-state index in [2.05, 4.69) is 259 Å². The van der Waals surface area contributed by atoms with Crippen molar-refractivity contribution in [2.75, 3.05) is 14.7 Å². The highest BCUT2D eigenvalue weighted by Crippen LogP contribution is 2.57. The molecule has 0 spiro atoms. The molecule has 0 N–H and O–H groups in total. The van der Waals surface area contributed by atoms with Crippen molar-refractivity contribution in [3.63, 3.8) is 0 Å². The maximum absolute atomic E-state index is 2.75. The quantitative estimate of drug-likeness (QED) is 0.159. The van der Waals surface area contributed by atoms with Crippen LogP contribution in [-0.4, -0.2) is 6.71 Å². The van der Waals surface area contributed by atoms with Crippen LogP contribution in [0.1, 0.15) is 194 Å². The minimum Gasteiger partial charge on any atom is -0.311 e. The molecule has 13 rings (SSSR count). The summed E-state index contributed by atoms with van der Waals surface area (Å²) in [5.41, 5.74) is 27.7. The first-order chi connectivity index (χ1) is 35.6. The number of fused-ring (bicyclic) bond motifs is 8. The van der Waals surface area contributed by atoms with Crippen molar-refractivity contribution in [3.8, 4) is 0 Å². The average Bonchev–Trinajstić information content (AvgIpc) is 3.85. The number of hydrogen-bond acceptors (Lipinski definition) is 3. The van der Waals surface area contributed by atoms with Crippen molar-refractivity contribution >= 4 is 74.3 Å². The van der Waals surface area contributed by atoms with Crippen LogP contribution in [0.4, 0.5) is 51.2 Å². The highest BCUT2D eigenvalue weighted by molar-refractivity contribution is 7.00. The molecule has 3 nitrogen and oxygen atoms in total. The van der Waals surface area contributed by atoms with Crippen molar-refractivity contribution in [3.05, 3.63) is 178 Å². The van der Waals surface area contributed by atoms with Gasteiger partial charge in [0, 0.05) is 45.5 Å². The number of nitrogens with zero attached hydrogens (tertiary/aromatic N) is 3. The Bertz CT molecular complexity index is 3530. The summed E-state index contributed by atoms with van der Waals surface area (Å²) >= 11 is 0. The minimum atomic E-state index is -0.00722. The predicted molar refractivity (Wildman–Crippen MR) is 327 cm³/mol. The maximum Gasteiger partial charge on any atom is 0.252 e. The van der Waals surface area contributed by atoms with Crippen molar-refractivity contribution in [1.82, 2.24) is 0 Å². The van der Waals surface area contributed by atoms with Crippen LogP contribution >= 0.6 is 0 Å². The molecule has 0 saturated carbocycles. The molecule has 4 heteroatoms. The number of benzene rings is 7. The van der Waals surface area contributed by atoms with E-state index in [1.807, 2.05) is 0 Å². The lowest BCUT2D eigenvalue weighted by Crippen LogP contribution is -2.62. The first kappa shape index (κ1) is 49.6. The Hall–Kier alpha value is -6.00. The number of para-hydroxylation sites is 2. The number of rotatable bonds is 5. The summed E-state index contributed by atoms with van der Waals surface area (Å²) in [5, 5.41) is 0. The second-order valence-corrected chi connectivity index (χ2v) is 29.8. The molecular formula is C72H82BN3. The minimum absolute atomic E-state index is 0.00722. The summed E-state index contributed by atoms with van der Waals surface area (Å²) in [6.07, 6.45) is 6.92. The lowest BCUT2D eigenvalue weighted by atomic mass is 9.33. The molecule has 4 aliphatic carbocycles. The van der Waals surface area contributed by atoms with E-state index in [4.69, 9.17) is 0 Å². The molecule has 7 aromatic rings. The second kappa shape index (κ2) is 15.8. The Morgan fingerprint density at radius 2 is 0.645 bits per heavy atom. The lowest BCUT2D eigenvalue weighted by molar-refractivity contribution is 0.332. The van der Waals surface area contributed by atoms with Crippen molar-refractivity contribution < 1.29 is 0 Å². The highest BCUT2D eigenvalue weighted by Gasteiger charge is 2.51. The third-order valence-electron chi connectivity index (χ3n) is 20.5. The summed E-state index contributed by atoms with van der Waals surface area (Å²) in [7, 11) is 0. The fraction of sp³-hybridized carbons (Fsp3) is 0.417. The first-order valence-corrected chi connectivity index (χ1v) is 29.0. The fourth-order valence-electron chi connectivity index (χ4n) is 16.6. The van der Waals surface area contributed by atoms with E-state index in [9.17, 15) is 0 Å². The van der Waals surface area contributed by atoms with E-state index in [-0.39, 0.29) is 50.0 Å². The van der Waals surface area contributed by atoms with Crippen LogP contribution in [0, 0.1) is 0 Å². The highest BCUT2D eigenvalue weighted by atomic mass is 15.2. The molecule has 76 heavy (non-hydrogen) atoms. The smallest absolute Gasteiger partial charge is 0.252 e. The predicted octanol–water partition coefficient (Wildman–Crippen LogP) is 17.9. The summed E-state index contributed by atoms with van der Waals surface area (Å²) in [6, 6.07) is 53.3. The van der Waals surface area contributed by atoms with Gasteiger partial charge in [0.15, 0.2) is 0 Å². The topological polar surface area (TPSA) is 9.72 Å². The largest absolute Gasteiger partial charge is 0.311 e. The SMILES string of the molecule is CC1(C)CCC(C)(C)c2cc(N3c4cc5c(cc4B4c6cc7c(cc6N(c6ccc8c(c6)C(C)(C)CC8(C)C)c6cc(N(c8ccccc8)c8ccccc8)cc3c64)C(C)(C)CC7(C)C)C(C)(C)CCC5(C)C)ccc21. The maximum atomic E-state index is 2.75. The molecule has 0 radical (unpaired) electrons. The van der Waals surface area contributed by atoms with E-state index in [1.165, 1.54) is 108 Å². The molecule has 0 aromatic heterocycles. The molecule has 6 aliphatic rings. The second-order valence-electron chi connectivity index (χ2n) is 29.8. The number of hydrogen-bond donors (Lipinski definition) is 0. The third kappa shape index (κ3) is 7.19. The molecule has 0 atom stereocenters. The van der Waals surface area contributed by atoms with E-state index in [1.54, 1.807) is 0 Å². The summed E-state index contributed by atoms with van der Waals surface area (Å²) in [4.78, 5) is 7.99. The van der Waals surface area contributed by atoms with Crippen LogP contribution in [0.25, 0.3) is 0 Å². The zero-order valence-electron chi connectivity index (χ0n) is 48.9. The zero-order chi connectivity index (χ0) is 53.7. The molecule has 0 amide bonds. The Balaban J connectivity index is 1.21. The van der Waals surface area contributed by atoms with Gasteiger partial charge in [-0.15, -0.1) is 0 Å². The standard InChI is InChI=1S/C72H82BN3/c1-65(2)31-32-66(3,4)52-35-47(27-29-50(52)65)75-60-41-56-54(67(5,6)33-34-68(56,7)8)39-58(60)73-59-40-55-57(72(15,16)44-71(55,13)14)42-61(59)76(48-28-30-51-53(36-48)70(11,12)43-69(51,9)10)63-38-49(37-62(75)64(63)73)74(45-23-19-17-20-24-45)46-25-21-18-22-26-46/h17-30,35-42H,31-34,43-44H2,1-16H3. The lowest BCUT2D eigenvalue weighted by Gasteiger charge is -2.48. The van der Waals surface area contributed by atoms with Gasteiger partial charge in [0.05, 0.1) is 5.69 Å². The Morgan fingerprint density at radius 1 is 0.316 bits per heavy atom. The first-order valence-electron chi connectivity index (χ1n) is 29.0. The summed E-state index contributed by atoms with van der Waals surface area (Å²) in [6.45, 7) is 39.8. The van der Waals surface area contributed by atoms with Crippen LogP contribution in [0.5, 0.6) is 0 Å². The molecule has 0 fully saturated rings. The van der Waals surface area contributed by atoms with Crippen molar-refractivity contribution in [2.45, 2.75) is 193 Å². The van der Waals surface area contributed by atoms with E-state index < -0.39 is 0 Å². The van der Waals surface area contributed by atoms with Crippen LogP contribution in [0.15, 0.2) is 133 Å². The third-order valence-corrected chi connectivity index (χ3v) is 20.5. The van der Waals surface area contributed by atoms with Gasteiger partial charge in [0.2, 0.25) is 0 Å². The summed E-state index contributed by atoms with van der Waals surface area (Å²) < 4.78 is 0. The van der Waals surface area contributed by atoms with Crippen LogP contribution in [0.3, 0.4) is 0 Å². The van der Waals surface area contributed by atoms with Gasteiger partial charge in [-0.05, 0) is 216 Å². The van der Waals surface area contributed by atoms with Gasteiger partial charge in [-0.25, -0.2) is 0 Å². The average molecular weight is 1000 g/mol. The molecule has 0 saturated heterocycles. The fourth-order valence-corrected chi connectivity index (χ4v) is 16.6. The molecule has 2 aliphatic heterocycles. The molecule has 0 unspecified atom stereocenters. The van der Waals surface area contributed by atoms with E-state index in [0.717, 1.165) is 42.7 Å². The number of anilines is 9. The van der Waals surface area contributed by atoms with Crippen LogP contribution in [0.2, 0.25) is 0 Å². The van der Waals surface area contributed by atoms with Gasteiger partial charge in [0.25, 0.3) is 6.71 Å². The normalized spacial score (nSPS) is 21.3. The Kier molecular flexibility index (Phi) is 10.3. The van der Waals surface area contributed by atoms with Gasteiger partial charge >= 0.3 is 0 Å². The van der Waals surface area contributed by atoms with Gasteiger partial charge < -0.3 is 14.7 Å². The Labute approximate surface area is 457 Å². The van der Waals surface area contributed by atoms with Crippen molar-refractivity contribution in [2.24, 2.45) is 0 Å². The molecule has 388 valence electrons. The van der Waals surface area contributed by atoms with Gasteiger partial charge in [-0.1, -0.05) is 171 Å². The molecular weight excluding hydrogens is 918 g/mol. The Morgan fingerprint density at radius 3 is 1.08 bits per heavy atom. The molecule has 0 bridgehead atoms. The molecule has 7 aromatic carbocycles. The van der Waals surface area contributed by atoms with Crippen molar-refractivity contribution in [1.29, 1.82) is 0 Å². The van der Waals surface area contributed by atoms with Gasteiger partial charge in [0.1, 0.15) is 0 Å². The van der Waals surface area contributed by atoms with E-state index >= 15 is 0 Å². The van der Waals surface area contributed by atoms with Crippen LogP contribution in [-0.2, 0) is 43.3 Å².